The predicted molar refractivity (Wildman–Crippen MR) is 92.9 cm³/mol. The van der Waals surface area contributed by atoms with Crippen LogP contribution < -0.4 is 10.9 Å². The summed E-state index contributed by atoms with van der Waals surface area (Å²) in [5.74, 6) is 0. The number of benzene rings is 1. The maximum atomic E-state index is 11.7. The van der Waals surface area contributed by atoms with Crippen molar-refractivity contribution in [1.82, 2.24) is 15.8 Å². The lowest BCUT2D eigenvalue weighted by Gasteiger charge is -2.32. The van der Waals surface area contributed by atoms with Crippen LogP contribution in [0, 0.1) is 0 Å². The second-order valence-corrected chi connectivity index (χ2v) is 5.76. The zero-order chi connectivity index (χ0) is 16.5. The number of nitrogens with zero attached hydrogens (tertiary/aromatic N) is 1. The lowest BCUT2D eigenvalue weighted by molar-refractivity contribution is 0.100. The number of hydrogen-bond donors (Lipinski definition) is 2. The number of halogens is 1. The zero-order valence-electron chi connectivity index (χ0n) is 12.7. The van der Waals surface area contributed by atoms with Crippen LogP contribution in [0.1, 0.15) is 18.4 Å². The number of piperidine rings is 1. The largest absolute Gasteiger partial charge is 0.444 e. The van der Waals surface area contributed by atoms with Crippen molar-refractivity contribution in [1.29, 1.82) is 0 Å². The predicted octanol–water partition coefficient (Wildman–Crippen LogP) is 2.41. The number of amides is 2. The van der Waals surface area contributed by atoms with Crippen LogP contribution in [0.2, 0.25) is 0 Å². The Hall–Kier alpha value is -1.55. The molecule has 1 saturated heterocycles. The maximum absolute atomic E-state index is 11.7. The van der Waals surface area contributed by atoms with Crippen LogP contribution >= 0.6 is 22.6 Å². The first-order valence-corrected chi connectivity index (χ1v) is 8.91. The Labute approximate surface area is 148 Å². The van der Waals surface area contributed by atoms with Gasteiger partial charge in [0.1, 0.15) is 11.2 Å². The van der Waals surface area contributed by atoms with E-state index in [-0.39, 0.29) is 18.7 Å². The molecule has 1 atom stereocenters. The smallest absolute Gasteiger partial charge is 0.421 e. The van der Waals surface area contributed by atoms with E-state index in [0.717, 1.165) is 18.4 Å². The molecule has 0 aromatic heterocycles. The van der Waals surface area contributed by atoms with Gasteiger partial charge in [-0.1, -0.05) is 30.3 Å². The second-order valence-electron chi connectivity index (χ2n) is 5.14. The molecule has 126 valence electrons. The van der Waals surface area contributed by atoms with Crippen LogP contribution in [0.3, 0.4) is 0 Å². The molecule has 0 saturated carbocycles. The Kier molecular flexibility index (Phi) is 7.40. The van der Waals surface area contributed by atoms with E-state index >= 15 is 0 Å². The summed E-state index contributed by atoms with van der Waals surface area (Å²) in [6, 6.07) is 9.44. The zero-order valence-corrected chi connectivity index (χ0v) is 14.8. The molecule has 1 heterocycles. The van der Waals surface area contributed by atoms with Crippen molar-refractivity contribution in [2.75, 3.05) is 17.7 Å². The van der Waals surface area contributed by atoms with Gasteiger partial charge >= 0.3 is 12.2 Å². The van der Waals surface area contributed by atoms with Crippen molar-refractivity contribution in [2.24, 2.45) is 0 Å². The van der Waals surface area contributed by atoms with E-state index in [0.29, 0.717) is 17.7 Å². The molecule has 1 unspecified atom stereocenters. The summed E-state index contributed by atoms with van der Waals surface area (Å²) in [5, 5.41) is 0. The van der Waals surface area contributed by atoms with Gasteiger partial charge in [-0.15, -0.1) is 0 Å². The SMILES string of the molecule is O=C(NNC1CCCN(C(=O)OCI)C1)OCc1ccccc1. The highest BCUT2D eigenvalue weighted by molar-refractivity contribution is 14.1. The average molecular weight is 433 g/mol. The highest BCUT2D eigenvalue weighted by Crippen LogP contribution is 2.11. The third-order valence-corrected chi connectivity index (χ3v) is 3.76. The number of rotatable bonds is 5. The molecule has 0 bridgehead atoms. The standard InChI is InChI=1S/C15H20IN3O4/c16-11-23-15(21)19-8-4-7-13(9-19)17-18-14(20)22-10-12-5-2-1-3-6-12/h1-3,5-6,13,17H,4,7-11H2,(H,18,20). The summed E-state index contributed by atoms with van der Waals surface area (Å²) in [6.07, 6.45) is 0.861. The molecule has 2 amide bonds. The van der Waals surface area contributed by atoms with Gasteiger partial charge in [0.2, 0.25) is 0 Å². The Balaban J connectivity index is 1.68. The molecule has 2 N–H and O–H groups in total. The van der Waals surface area contributed by atoms with E-state index in [9.17, 15) is 9.59 Å². The van der Waals surface area contributed by atoms with Crippen LogP contribution in [0.4, 0.5) is 9.59 Å². The summed E-state index contributed by atoms with van der Waals surface area (Å²) >= 11 is 1.98. The summed E-state index contributed by atoms with van der Waals surface area (Å²) in [4.78, 5) is 25.0. The lowest BCUT2D eigenvalue weighted by atomic mass is 10.1. The van der Waals surface area contributed by atoms with E-state index in [4.69, 9.17) is 9.47 Å². The highest BCUT2D eigenvalue weighted by atomic mass is 127. The lowest BCUT2D eigenvalue weighted by Crippen LogP contribution is -2.53. The van der Waals surface area contributed by atoms with E-state index in [2.05, 4.69) is 10.9 Å². The van der Waals surface area contributed by atoms with Crippen LogP contribution in [0.15, 0.2) is 30.3 Å². The molecule has 8 heteroatoms. The van der Waals surface area contributed by atoms with Crippen molar-refractivity contribution < 1.29 is 19.1 Å². The number of likely N-dealkylation sites (tertiary alicyclic amines) is 1. The van der Waals surface area contributed by atoms with Crippen molar-refractivity contribution in [3.63, 3.8) is 0 Å². The fourth-order valence-corrected chi connectivity index (χ4v) is 2.59. The molecule has 1 aromatic carbocycles. The fraction of sp³-hybridized carbons (Fsp3) is 0.467. The Morgan fingerprint density at radius 2 is 2.04 bits per heavy atom. The van der Waals surface area contributed by atoms with E-state index in [1.54, 1.807) is 4.90 Å². The number of hydrazine groups is 1. The molecular formula is C15H20IN3O4. The van der Waals surface area contributed by atoms with Crippen LogP contribution in [-0.4, -0.2) is 40.8 Å². The van der Waals surface area contributed by atoms with Gasteiger partial charge in [-0.25, -0.2) is 15.0 Å². The molecule has 23 heavy (non-hydrogen) atoms. The van der Waals surface area contributed by atoms with Gasteiger partial charge in [0, 0.05) is 19.1 Å². The van der Waals surface area contributed by atoms with Crippen molar-refractivity contribution in [3.05, 3.63) is 35.9 Å². The first-order valence-electron chi connectivity index (χ1n) is 7.39. The van der Waals surface area contributed by atoms with Crippen LogP contribution in [0.5, 0.6) is 0 Å². The monoisotopic (exact) mass is 433 g/mol. The molecular weight excluding hydrogens is 413 g/mol. The number of nitrogens with one attached hydrogen (secondary N) is 2. The molecule has 1 aromatic rings. The first kappa shape index (κ1) is 17.8. The number of hydrogen-bond acceptors (Lipinski definition) is 5. The number of alkyl halides is 1. The third-order valence-electron chi connectivity index (χ3n) is 3.45. The first-order chi connectivity index (χ1) is 11.2. The molecule has 7 nitrogen and oxygen atoms in total. The fourth-order valence-electron chi connectivity index (χ4n) is 2.32. The van der Waals surface area contributed by atoms with Crippen molar-refractivity contribution in [2.45, 2.75) is 25.5 Å². The van der Waals surface area contributed by atoms with E-state index < -0.39 is 6.09 Å². The third kappa shape index (κ3) is 6.22. The summed E-state index contributed by atoms with van der Waals surface area (Å²) in [7, 11) is 0. The molecule has 1 fully saturated rings. The second kappa shape index (κ2) is 9.56. The Morgan fingerprint density at radius 1 is 1.26 bits per heavy atom. The average Bonchev–Trinajstić information content (AvgIpc) is 2.59. The van der Waals surface area contributed by atoms with Gasteiger partial charge < -0.3 is 14.4 Å². The number of carbonyl (C=O) groups is 2. The summed E-state index contributed by atoms with van der Waals surface area (Å²) in [6.45, 7) is 1.38. The number of carbonyl (C=O) groups excluding carboxylic acids is 2. The molecule has 1 aliphatic rings. The van der Waals surface area contributed by atoms with Gasteiger partial charge in [-0.05, 0) is 41.0 Å². The summed E-state index contributed by atoms with van der Waals surface area (Å²) in [5.41, 5.74) is 6.36. The molecule has 0 radical (unpaired) electrons. The van der Waals surface area contributed by atoms with Crippen molar-refractivity contribution in [3.8, 4) is 0 Å². The van der Waals surface area contributed by atoms with Gasteiger partial charge in [-0.3, -0.25) is 5.43 Å². The molecule has 1 aliphatic heterocycles. The maximum Gasteiger partial charge on any atom is 0.421 e. The minimum absolute atomic E-state index is 0.0187. The quantitative estimate of drug-likeness (QED) is 0.424. The van der Waals surface area contributed by atoms with Gasteiger partial charge in [-0.2, -0.15) is 0 Å². The minimum Gasteiger partial charge on any atom is -0.444 e. The van der Waals surface area contributed by atoms with E-state index in [1.807, 2.05) is 52.9 Å². The topological polar surface area (TPSA) is 79.9 Å². The Bertz CT molecular complexity index is 515. The normalized spacial score (nSPS) is 17.4. The summed E-state index contributed by atoms with van der Waals surface area (Å²) < 4.78 is 10.4. The molecule has 2 rings (SSSR count). The van der Waals surface area contributed by atoms with Crippen molar-refractivity contribution >= 4 is 34.8 Å². The minimum atomic E-state index is -0.541. The van der Waals surface area contributed by atoms with E-state index in [1.165, 1.54) is 0 Å². The molecule has 0 aliphatic carbocycles. The molecule has 0 spiro atoms. The van der Waals surface area contributed by atoms with Crippen LogP contribution in [-0.2, 0) is 16.1 Å². The van der Waals surface area contributed by atoms with Gasteiger partial charge in [0.25, 0.3) is 0 Å². The van der Waals surface area contributed by atoms with Gasteiger partial charge in [0.15, 0.2) is 0 Å². The van der Waals surface area contributed by atoms with Crippen LogP contribution in [0.25, 0.3) is 0 Å². The van der Waals surface area contributed by atoms with Gasteiger partial charge in [0.05, 0.1) is 0 Å². The number of ether oxygens (including phenoxy) is 2. The Morgan fingerprint density at radius 3 is 2.78 bits per heavy atom. The highest BCUT2D eigenvalue weighted by Gasteiger charge is 2.24.